The summed E-state index contributed by atoms with van der Waals surface area (Å²) < 4.78 is 11.0. The number of nitrogens with zero attached hydrogens (tertiary/aromatic N) is 3. The monoisotopic (exact) mass is 500 g/mol. The van der Waals surface area contributed by atoms with Crippen LogP contribution in [-0.2, 0) is 0 Å². The van der Waals surface area contributed by atoms with Gasteiger partial charge in [0.25, 0.3) is 0 Å². The SMILES string of the molecule is CCNC(=NCCCOc1cccc(OC)c1)N1CCC(N2CC=CC2)C1.I. The topological polar surface area (TPSA) is 49.3 Å². The number of benzene rings is 1. The lowest BCUT2D eigenvalue weighted by Crippen LogP contribution is -2.42. The van der Waals surface area contributed by atoms with Crippen molar-refractivity contribution in [2.24, 2.45) is 4.99 Å². The van der Waals surface area contributed by atoms with E-state index in [1.54, 1.807) is 7.11 Å². The van der Waals surface area contributed by atoms with E-state index in [0.29, 0.717) is 12.6 Å². The number of methoxy groups -OCH3 is 1. The number of ether oxygens (including phenoxy) is 2. The summed E-state index contributed by atoms with van der Waals surface area (Å²) in [5.74, 6) is 2.69. The van der Waals surface area contributed by atoms with E-state index in [2.05, 4.69) is 34.2 Å². The Hall–Kier alpha value is -1.48. The van der Waals surface area contributed by atoms with Crippen molar-refractivity contribution < 1.29 is 9.47 Å². The number of hydrogen-bond acceptors (Lipinski definition) is 4. The fourth-order valence-electron chi connectivity index (χ4n) is 3.58. The van der Waals surface area contributed by atoms with Gasteiger partial charge in [0, 0.05) is 57.8 Å². The number of likely N-dealkylation sites (tertiary alicyclic amines) is 1. The molecule has 1 N–H and O–H groups in total. The molecule has 1 atom stereocenters. The fourth-order valence-corrected chi connectivity index (χ4v) is 3.58. The Kier molecular flexibility index (Phi) is 9.91. The lowest BCUT2D eigenvalue weighted by molar-refractivity contribution is 0.259. The highest BCUT2D eigenvalue weighted by molar-refractivity contribution is 14.0. The van der Waals surface area contributed by atoms with E-state index in [9.17, 15) is 0 Å². The summed E-state index contributed by atoms with van der Waals surface area (Å²) in [6, 6.07) is 8.36. The van der Waals surface area contributed by atoms with Gasteiger partial charge in [0.15, 0.2) is 5.96 Å². The maximum Gasteiger partial charge on any atom is 0.193 e. The first-order valence-corrected chi connectivity index (χ1v) is 9.99. The number of hydrogen-bond donors (Lipinski definition) is 1. The molecule has 0 spiro atoms. The molecule has 0 bridgehead atoms. The van der Waals surface area contributed by atoms with E-state index in [1.807, 2.05) is 24.3 Å². The molecule has 1 saturated heterocycles. The molecule has 0 saturated carbocycles. The molecule has 156 valence electrons. The highest BCUT2D eigenvalue weighted by Gasteiger charge is 2.29. The van der Waals surface area contributed by atoms with Gasteiger partial charge in [-0.15, -0.1) is 24.0 Å². The smallest absolute Gasteiger partial charge is 0.193 e. The van der Waals surface area contributed by atoms with E-state index in [0.717, 1.165) is 63.1 Å². The van der Waals surface area contributed by atoms with Gasteiger partial charge in [0.05, 0.1) is 13.7 Å². The maximum absolute atomic E-state index is 5.80. The minimum atomic E-state index is 0. The number of halogens is 1. The summed E-state index contributed by atoms with van der Waals surface area (Å²) in [6.07, 6.45) is 6.64. The molecule has 7 heteroatoms. The quantitative estimate of drug-likeness (QED) is 0.196. The van der Waals surface area contributed by atoms with Crippen LogP contribution in [0.2, 0.25) is 0 Å². The number of guanidine groups is 1. The molecule has 1 unspecified atom stereocenters. The fraction of sp³-hybridized carbons (Fsp3) is 0.571. The molecule has 0 aromatic heterocycles. The minimum Gasteiger partial charge on any atom is -0.497 e. The van der Waals surface area contributed by atoms with Crippen LogP contribution in [0.3, 0.4) is 0 Å². The summed E-state index contributed by atoms with van der Waals surface area (Å²) in [6.45, 7) is 8.75. The molecule has 2 heterocycles. The second-order valence-corrected chi connectivity index (χ2v) is 6.93. The molecule has 2 aliphatic rings. The van der Waals surface area contributed by atoms with Crippen LogP contribution in [-0.4, -0.2) is 74.8 Å². The van der Waals surface area contributed by atoms with Crippen molar-refractivity contribution in [3.8, 4) is 11.5 Å². The van der Waals surface area contributed by atoms with Crippen molar-refractivity contribution in [3.05, 3.63) is 36.4 Å². The van der Waals surface area contributed by atoms with Gasteiger partial charge in [0.2, 0.25) is 0 Å². The van der Waals surface area contributed by atoms with Gasteiger partial charge in [0.1, 0.15) is 11.5 Å². The first-order valence-electron chi connectivity index (χ1n) is 9.99. The molecule has 0 radical (unpaired) electrons. The maximum atomic E-state index is 5.80. The molecular formula is C21H33IN4O2. The molecule has 1 fully saturated rings. The molecule has 28 heavy (non-hydrogen) atoms. The highest BCUT2D eigenvalue weighted by atomic mass is 127. The predicted octanol–water partition coefficient (Wildman–Crippen LogP) is 2.99. The Morgan fingerprint density at radius 3 is 2.79 bits per heavy atom. The van der Waals surface area contributed by atoms with Crippen molar-refractivity contribution >= 4 is 29.9 Å². The Balaban J connectivity index is 0.00000280. The molecule has 0 aliphatic carbocycles. The van der Waals surface area contributed by atoms with Crippen molar-refractivity contribution in [3.63, 3.8) is 0 Å². The zero-order valence-electron chi connectivity index (χ0n) is 17.0. The first-order chi connectivity index (χ1) is 13.3. The second kappa shape index (κ2) is 12.2. The zero-order chi connectivity index (χ0) is 18.9. The average molecular weight is 500 g/mol. The second-order valence-electron chi connectivity index (χ2n) is 6.93. The van der Waals surface area contributed by atoms with Crippen molar-refractivity contribution in [1.29, 1.82) is 0 Å². The normalized spacial score (nSPS) is 19.6. The van der Waals surface area contributed by atoms with Crippen LogP contribution in [0.5, 0.6) is 11.5 Å². The zero-order valence-corrected chi connectivity index (χ0v) is 19.3. The van der Waals surface area contributed by atoms with Crippen LogP contribution < -0.4 is 14.8 Å². The summed E-state index contributed by atoms with van der Waals surface area (Å²) in [4.78, 5) is 9.76. The lowest BCUT2D eigenvalue weighted by atomic mass is 10.2. The molecule has 3 rings (SSSR count). The van der Waals surface area contributed by atoms with E-state index in [1.165, 1.54) is 6.42 Å². The Labute approximate surface area is 186 Å². The van der Waals surface area contributed by atoms with Gasteiger partial charge in [-0.2, -0.15) is 0 Å². The molecule has 2 aliphatic heterocycles. The van der Waals surface area contributed by atoms with Crippen LogP contribution in [0, 0.1) is 0 Å². The van der Waals surface area contributed by atoms with Gasteiger partial charge in [-0.25, -0.2) is 0 Å². The largest absolute Gasteiger partial charge is 0.497 e. The van der Waals surface area contributed by atoms with Crippen LogP contribution in [0.15, 0.2) is 41.4 Å². The van der Waals surface area contributed by atoms with Crippen molar-refractivity contribution in [2.45, 2.75) is 25.8 Å². The van der Waals surface area contributed by atoms with Crippen LogP contribution >= 0.6 is 24.0 Å². The summed E-state index contributed by atoms with van der Waals surface area (Å²) >= 11 is 0. The van der Waals surface area contributed by atoms with Crippen LogP contribution in [0.1, 0.15) is 19.8 Å². The van der Waals surface area contributed by atoms with Crippen molar-refractivity contribution in [1.82, 2.24) is 15.1 Å². The van der Waals surface area contributed by atoms with Gasteiger partial charge >= 0.3 is 0 Å². The third kappa shape index (κ3) is 6.55. The predicted molar refractivity (Wildman–Crippen MR) is 125 cm³/mol. The van der Waals surface area contributed by atoms with E-state index in [-0.39, 0.29) is 24.0 Å². The van der Waals surface area contributed by atoms with E-state index in [4.69, 9.17) is 14.5 Å². The van der Waals surface area contributed by atoms with Crippen LogP contribution in [0.25, 0.3) is 0 Å². The standard InChI is InChI=1S/C21H32N4O2.HI/c1-3-22-21(25-14-10-18(17-25)24-12-4-5-13-24)23-11-7-15-27-20-9-6-8-19(16-20)26-2;/h4-6,8-9,16,18H,3,7,10-15,17H2,1-2H3,(H,22,23);1H. The van der Waals surface area contributed by atoms with E-state index >= 15 is 0 Å². The third-order valence-electron chi connectivity index (χ3n) is 5.03. The summed E-state index contributed by atoms with van der Waals surface area (Å²) in [7, 11) is 1.67. The molecular weight excluding hydrogens is 467 g/mol. The Morgan fingerprint density at radius 2 is 2.04 bits per heavy atom. The van der Waals surface area contributed by atoms with E-state index < -0.39 is 0 Å². The average Bonchev–Trinajstić information content (AvgIpc) is 3.38. The van der Waals surface area contributed by atoms with Gasteiger partial charge < -0.3 is 19.7 Å². The number of aliphatic imine (C=N–C) groups is 1. The number of rotatable bonds is 8. The highest BCUT2D eigenvalue weighted by Crippen LogP contribution is 2.19. The molecule has 6 nitrogen and oxygen atoms in total. The van der Waals surface area contributed by atoms with Crippen LogP contribution in [0.4, 0.5) is 0 Å². The summed E-state index contributed by atoms with van der Waals surface area (Å²) in [5.41, 5.74) is 0. The van der Waals surface area contributed by atoms with Gasteiger partial charge in [-0.05, 0) is 25.5 Å². The minimum absolute atomic E-state index is 0. The van der Waals surface area contributed by atoms with Gasteiger partial charge in [-0.1, -0.05) is 18.2 Å². The Bertz CT molecular complexity index is 645. The molecule has 0 amide bonds. The first kappa shape index (κ1) is 22.8. The van der Waals surface area contributed by atoms with Gasteiger partial charge in [-0.3, -0.25) is 9.89 Å². The lowest BCUT2D eigenvalue weighted by Gasteiger charge is -2.25. The molecule has 1 aromatic rings. The summed E-state index contributed by atoms with van der Waals surface area (Å²) in [5, 5.41) is 3.44. The molecule has 1 aromatic carbocycles. The number of nitrogens with one attached hydrogen (secondary N) is 1. The Morgan fingerprint density at radius 1 is 1.25 bits per heavy atom. The van der Waals surface area contributed by atoms with Crippen molar-refractivity contribution in [2.75, 3.05) is 53.0 Å². The third-order valence-corrected chi connectivity index (χ3v) is 5.03.